The molecule has 1 N–H and O–H groups in total. The quantitative estimate of drug-likeness (QED) is 0.661. The van der Waals surface area contributed by atoms with Gasteiger partial charge in [-0.25, -0.2) is 0 Å². The second-order valence-electron chi connectivity index (χ2n) is 8.90. The molecule has 3 atom stereocenters. The monoisotopic (exact) mass is 441 g/mol. The molecule has 2 fully saturated rings. The number of nitrogens with zero attached hydrogens (tertiary/aromatic N) is 3. The van der Waals surface area contributed by atoms with Gasteiger partial charge >= 0.3 is 0 Å². The minimum atomic E-state index is -0.249. The Morgan fingerprint density at radius 3 is 2.36 bits per heavy atom. The molecule has 6 heteroatoms. The molecule has 168 valence electrons. The Bertz CT molecular complexity index is 1150. The van der Waals surface area contributed by atoms with E-state index in [9.17, 15) is 14.7 Å². The molecule has 0 radical (unpaired) electrons. The number of aliphatic hydroxyl groups is 1. The maximum atomic E-state index is 12.9. The lowest BCUT2D eigenvalue weighted by molar-refractivity contribution is -0.166. The molecule has 6 nitrogen and oxygen atoms in total. The molecule has 2 aliphatic rings. The van der Waals surface area contributed by atoms with Crippen LogP contribution in [-0.2, 0) is 16.0 Å². The van der Waals surface area contributed by atoms with E-state index in [1.54, 1.807) is 16.0 Å². The fraction of sp³-hybridized carbons (Fsp3) is 0.296. The molecule has 3 aromatic rings. The summed E-state index contributed by atoms with van der Waals surface area (Å²) in [5, 5.41) is 10.0. The van der Waals surface area contributed by atoms with Crippen LogP contribution in [-0.4, -0.2) is 63.5 Å². The number of carbonyl (C=O) groups excluding carboxylic acids is 2. The summed E-state index contributed by atoms with van der Waals surface area (Å²) in [5.41, 5.74) is 5.28. The Morgan fingerprint density at radius 1 is 1.03 bits per heavy atom. The van der Waals surface area contributed by atoms with Crippen LogP contribution in [0.15, 0.2) is 72.9 Å². The van der Waals surface area contributed by atoms with Gasteiger partial charge in [0.1, 0.15) is 0 Å². The lowest BCUT2D eigenvalue weighted by Crippen LogP contribution is -2.73. The zero-order valence-corrected chi connectivity index (χ0v) is 18.6. The number of hydrogen-bond donors (Lipinski definition) is 1. The normalized spacial score (nSPS) is 22.0. The largest absolute Gasteiger partial charge is 0.394 e. The molecule has 0 spiro atoms. The van der Waals surface area contributed by atoms with Crippen molar-refractivity contribution >= 4 is 11.8 Å². The fourth-order valence-corrected chi connectivity index (χ4v) is 5.10. The van der Waals surface area contributed by atoms with Crippen molar-refractivity contribution in [2.75, 3.05) is 19.7 Å². The van der Waals surface area contributed by atoms with Gasteiger partial charge in [0.2, 0.25) is 11.8 Å². The van der Waals surface area contributed by atoms with Gasteiger partial charge in [-0.05, 0) is 35.7 Å². The van der Waals surface area contributed by atoms with Gasteiger partial charge in [-0.15, -0.1) is 0 Å². The topological polar surface area (TPSA) is 73.7 Å². The number of aliphatic hydroxyl groups excluding tert-OH is 1. The molecule has 0 aliphatic carbocycles. The van der Waals surface area contributed by atoms with Crippen molar-refractivity contribution in [1.29, 1.82) is 0 Å². The Kier molecular flexibility index (Phi) is 5.68. The van der Waals surface area contributed by atoms with E-state index in [4.69, 9.17) is 0 Å². The van der Waals surface area contributed by atoms with E-state index in [1.807, 2.05) is 18.2 Å². The van der Waals surface area contributed by atoms with Crippen LogP contribution in [0.5, 0.6) is 0 Å². The van der Waals surface area contributed by atoms with E-state index < -0.39 is 0 Å². The lowest BCUT2D eigenvalue weighted by Gasteiger charge is -2.58. The third kappa shape index (κ3) is 4.02. The Balaban J connectivity index is 1.34. The minimum Gasteiger partial charge on any atom is -0.394 e. The predicted molar refractivity (Wildman–Crippen MR) is 125 cm³/mol. The third-order valence-electron chi connectivity index (χ3n) is 6.84. The lowest BCUT2D eigenvalue weighted by atomic mass is 9.73. The van der Waals surface area contributed by atoms with Gasteiger partial charge in [-0.3, -0.25) is 14.6 Å². The van der Waals surface area contributed by atoms with Gasteiger partial charge in [0.15, 0.2) is 0 Å². The number of hydrogen-bond acceptors (Lipinski definition) is 4. The molecular formula is C27H27N3O3. The molecule has 0 bridgehead atoms. The van der Waals surface area contributed by atoms with Crippen LogP contribution >= 0.6 is 0 Å². The van der Waals surface area contributed by atoms with Crippen LogP contribution in [0.1, 0.15) is 22.7 Å². The average molecular weight is 442 g/mol. The van der Waals surface area contributed by atoms with Gasteiger partial charge in [0.25, 0.3) is 0 Å². The van der Waals surface area contributed by atoms with Crippen molar-refractivity contribution in [2.24, 2.45) is 0 Å². The number of piperazine rings is 1. The van der Waals surface area contributed by atoms with Gasteiger partial charge in [-0.1, -0.05) is 60.2 Å². The third-order valence-corrected chi connectivity index (χ3v) is 6.84. The summed E-state index contributed by atoms with van der Waals surface area (Å²) in [4.78, 5) is 33.4. The van der Waals surface area contributed by atoms with Gasteiger partial charge in [0.05, 0.1) is 31.7 Å². The molecule has 2 aromatic carbocycles. The van der Waals surface area contributed by atoms with Gasteiger partial charge in [-0.2, -0.15) is 0 Å². The molecule has 0 saturated carbocycles. The molecule has 1 aromatic heterocycles. The SMILES string of the molecule is Cc1ccc(-c2ccc([C@H]3[C@@H](CO)N4C(=O)CN(C(=O)Cc5ccccn5)C[C@@H]34)cc2)cc1. The number of amides is 2. The highest BCUT2D eigenvalue weighted by atomic mass is 16.3. The van der Waals surface area contributed by atoms with E-state index >= 15 is 0 Å². The molecule has 0 unspecified atom stereocenters. The van der Waals surface area contributed by atoms with Crippen molar-refractivity contribution < 1.29 is 14.7 Å². The van der Waals surface area contributed by atoms with E-state index in [0.29, 0.717) is 12.2 Å². The number of rotatable bonds is 5. The number of benzene rings is 2. The number of pyridine rings is 1. The van der Waals surface area contributed by atoms with E-state index in [1.165, 1.54) is 5.56 Å². The highest BCUT2D eigenvalue weighted by Gasteiger charge is 2.54. The van der Waals surface area contributed by atoms with E-state index in [0.717, 1.165) is 16.7 Å². The van der Waals surface area contributed by atoms with Crippen molar-refractivity contribution in [2.45, 2.75) is 31.3 Å². The zero-order valence-electron chi connectivity index (χ0n) is 18.6. The first-order chi connectivity index (χ1) is 16.0. The van der Waals surface area contributed by atoms with Crippen molar-refractivity contribution in [3.63, 3.8) is 0 Å². The highest BCUT2D eigenvalue weighted by molar-refractivity contribution is 5.88. The summed E-state index contributed by atoms with van der Waals surface area (Å²) >= 11 is 0. The summed E-state index contributed by atoms with van der Waals surface area (Å²) in [5.74, 6) is -0.203. The second-order valence-corrected chi connectivity index (χ2v) is 8.90. The molecule has 2 aliphatic heterocycles. The first kappa shape index (κ1) is 21.3. The van der Waals surface area contributed by atoms with Crippen LogP contribution in [0.25, 0.3) is 11.1 Å². The van der Waals surface area contributed by atoms with E-state index in [2.05, 4.69) is 60.4 Å². The Labute approximate surface area is 193 Å². The van der Waals surface area contributed by atoms with Crippen LogP contribution in [0, 0.1) is 6.92 Å². The van der Waals surface area contributed by atoms with Crippen LogP contribution in [0.2, 0.25) is 0 Å². The second kappa shape index (κ2) is 8.79. The van der Waals surface area contributed by atoms with Crippen molar-refractivity contribution in [3.05, 3.63) is 89.7 Å². The van der Waals surface area contributed by atoms with E-state index in [-0.39, 0.29) is 49.4 Å². The zero-order chi connectivity index (χ0) is 22.9. The minimum absolute atomic E-state index is 0.00327. The highest BCUT2D eigenvalue weighted by Crippen LogP contribution is 2.43. The molecule has 5 rings (SSSR count). The summed E-state index contributed by atoms with van der Waals surface area (Å²) in [6.45, 7) is 2.50. The predicted octanol–water partition coefficient (Wildman–Crippen LogP) is 2.80. The maximum absolute atomic E-state index is 12.9. The smallest absolute Gasteiger partial charge is 0.242 e. The molecule has 3 heterocycles. The fourth-order valence-electron chi connectivity index (χ4n) is 5.10. The van der Waals surface area contributed by atoms with Gasteiger partial charge < -0.3 is 14.9 Å². The summed E-state index contributed by atoms with van der Waals surface area (Å²) in [7, 11) is 0. The summed E-state index contributed by atoms with van der Waals surface area (Å²) in [6, 6.07) is 21.9. The maximum Gasteiger partial charge on any atom is 0.242 e. The standard InChI is InChI=1S/C27H27N3O3/c1-18-5-7-19(8-6-18)20-9-11-21(12-10-20)27-23-15-29(16-26(33)30(23)24(27)17-31)25(32)14-22-4-2-3-13-28-22/h2-13,23-24,27,31H,14-17H2,1H3/t23-,24+,27+/m0/s1. The Hall–Kier alpha value is -3.51. The van der Waals surface area contributed by atoms with Gasteiger partial charge in [0, 0.05) is 24.4 Å². The van der Waals surface area contributed by atoms with Crippen LogP contribution < -0.4 is 0 Å². The van der Waals surface area contributed by atoms with Crippen molar-refractivity contribution in [3.8, 4) is 11.1 Å². The summed E-state index contributed by atoms with van der Waals surface area (Å²) < 4.78 is 0. The van der Waals surface area contributed by atoms with Crippen molar-refractivity contribution in [1.82, 2.24) is 14.8 Å². The first-order valence-corrected chi connectivity index (χ1v) is 11.3. The molecular weight excluding hydrogens is 414 g/mol. The summed E-state index contributed by atoms with van der Waals surface area (Å²) in [6.07, 6.45) is 1.85. The molecule has 2 amide bonds. The van der Waals surface area contributed by atoms with Crippen LogP contribution in [0.4, 0.5) is 0 Å². The molecule has 2 saturated heterocycles. The van der Waals surface area contributed by atoms with Crippen LogP contribution in [0.3, 0.4) is 0 Å². The first-order valence-electron chi connectivity index (χ1n) is 11.3. The molecule has 33 heavy (non-hydrogen) atoms. The Morgan fingerprint density at radius 2 is 1.73 bits per heavy atom. The number of aryl methyl sites for hydroxylation is 1. The average Bonchev–Trinajstić information content (AvgIpc) is 2.82. The number of fused-ring (bicyclic) bond motifs is 1. The number of carbonyl (C=O) groups is 2. The number of aromatic nitrogens is 1.